The monoisotopic (exact) mass is 345 g/mol. The van der Waals surface area contributed by atoms with Crippen molar-refractivity contribution in [1.29, 1.82) is 0 Å². The molecule has 0 spiro atoms. The van der Waals surface area contributed by atoms with E-state index >= 15 is 0 Å². The Morgan fingerprint density at radius 1 is 1.44 bits per heavy atom. The molecule has 1 aromatic rings. The summed E-state index contributed by atoms with van der Waals surface area (Å²) < 4.78 is 10.4. The van der Waals surface area contributed by atoms with Crippen molar-refractivity contribution < 1.29 is 19.4 Å². The van der Waals surface area contributed by atoms with E-state index in [1.54, 1.807) is 14.0 Å². The van der Waals surface area contributed by atoms with Gasteiger partial charge in [0.05, 0.1) is 32.9 Å². The Morgan fingerprint density at radius 2 is 2.16 bits per heavy atom. The zero-order chi connectivity index (χ0) is 18.8. The van der Waals surface area contributed by atoms with Crippen LogP contribution in [0.2, 0.25) is 0 Å². The van der Waals surface area contributed by atoms with Gasteiger partial charge in [-0.3, -0.25) is 9.79 Å². The van der Waals surface area contributed by atoms with Crippen LogP contribution >= 0.6 is 0 Å². The van der Waals surface area contributed by atoms with Crippen LogP contribution in [0.1, 0.15) is 42.9 Å². The third-order valence-electron chi connectivity index (χ3n) is 4.00. The third-order valence-corrected chi connectivity index (χ3v) is 4.00. The highest BCUT2D eigenvalue weighted by atomic mass is 16.5. The van der Waals surface area contributed by atoms with Crippen LogP contribution in [0.4, 0.5) is 0 Å². The quantitative estimate of drug-likeness (QED) is 0.321. The fourth-order valence-electron chi connectivity index (χ4n) is 2.57. The first kappa shape index (κ1) is 20.6. The van der Waals surface area contributed by atoms with E-state index in [-0.39, 0.29) is 24.9 Å². The molecule has 0 aliphatic carbocycles. The van der Waals surface area contributed by atoms with Crippen molar-refractivity contribution in [1.82, 2.24) is 0 Å². The molecular weight excluding hydrogens is 318 g/mol. The number of esters is 1. The second kappa shape index (κ2) is 10.5. The first-order valence-electron chi connectivity index (χ1n) is 8.20. The molecule has 0 aromatic heterocycles. The van der Waals surface area contributed by atoms with Gasteiger partial charge in [0.25, 0.3) is 0 Å². The van der Waals surface area contributed by atoms with Gasteiger partial charge in [-0.25, -0.2) is 0 Å². The Labute approximate surface area is 149 Å². The summed E-state index contributed by atoms with van der Waals surface area (Å²) in [4.78, 5) is 15.8. The zero-order valence-corrected chi connectivity index (χ0v) is 15.4. The van der Waals surface area contributed by atoms with Crippen molar-refractivity contribution in [2.24, 2.45) is 4.99 Å². The molecule has 0 bridgehead atoms. The summed E-state index contributed by atoms with van der Waals surface area (Å²) in [5.74, 6) is 0.0975. The Balaban J connectivity index is 3.28. The molecule has 0 heterocycles. The SMILES string of the molecule is C=N/C=C(\C=C(/C)C(CC(=O)OCC)c1ccc(C)c(CO)c1)OC. The summed E-state index contributed by atoms with van der Waals surface area (Å²) in [6, 6.07) is 5.85. The molecule has 0 amide bonds. The molecule has 0 aliphatic heterocycles. The lowest BCUT2D eigenvalue weighted by Crippen LogP contribution is -2.12. The van der Waals surface area contributed by atoms with Gasteiger partial charge >= 0.3 is 5.97 Å². The van der Waals surface area contributed by atoms with E-state index in [1.807, 2.05) is 38.1 Å². The predicted molar refractivity (Wildman–Crippen MR) is 99.5 cm³/mol. The number of nitrogens with zero attached hydrogens (tertiary/aromatic N) is 1. The molecule has 1 aromatic carbocycles. The molecule has 0 fully saturated rings. The topological polar surface area (TPSA) is 68.1 Å². The number of ether oxygens (including phenoxy) is 2. The molecular formula is C20H27NO4. The first-order chi connectivity index (χ1) is 12.0. The van der Waals surface area contributed by atoms with Gasteiger partial charge in [-0.05, 0) is 50.3 Å². The van der Waals surface area contributed by atoms with Crippen molar-refractivity contribution in [2.75, 3.05) is 13.7 Å². The van der Waals surface area contributed by atoms with Gasteiger partial charge in [0, 0.05) is 5.92 Å². The average Bonchev–Trinajstić information content (AvgIpc) is 2.60. The maximum Gasteiger partial charge on any atom is 0.306 e. The minimum Gasteiger partial charge on any atom is -0.495 e. The second-order valence-corrected chi connectivity index (χ2v) is 5.71. The number of carbonyl (C=O) groups is 1. The largest absolute Gasteiger partial charge is 0.495 e. The normalized spacial score (nSPS) is 13.3. The van der Waals surface area contributed by atoms with E-state index in [4.69, 9.17) is 9.47 Å². The molecule has 1 N–H and O–H groups in total. The highest BCUT2D eigenvalue weighted by Crippen LogP contribution is 2.30. The molecule has 1 unspecified atom stereocenters. The van der Waals surface area contributed by atoms with E-state index < -0.39 is 0 Å². The van der Waals surface area contributed by atoms with E-state index in [9.17, 15) is 9.90 Å². The van der Waals surface area contributed by atoms with Crippen molar-refractivity contribution in [3.05, 3.63) is 58.5 Å². The Bertz CT molecular complexity index is 662. The van der Waals surface area contributed by atoms with E-state index in [0.717, 1.165) is 22.3 Å². The molecule has 1 atom stereocenters. The van der Waals surface area contributed by atoms with Crippen molar-refractivity contribution >= 4 is 12.7 Å². The minimum atomic E-state index is -0.267. The van der Waals surface area contributed by atoms with Gasteiger partial charge < -0.3 is 14.6 Å². The number of allylic oxidation sites excluding steroid dienone is 2. The smallest absolute Gasteiger partial charge is 0.306 e. The fourth-order valence-corrected chi connectivity index (χ4v) is 2.57. The number of aryl methyl sites for hydroxylation is 1. The minimum absolute atomic E-state index is 0.0435. The first-order valence-corrected chi connectivity index (χ1v) is 8.20. The van der Waals surface area contributed by atoms with Crippen molar-refractivity contribution in [3.63, 3.8) is 0 Å². The predicted octanol–water partition coefficient (Wildman–Crippen LogP) is 3.66. The van der Waals surface area contributed by atoms with Gasteiger partial charge in [0.15, 0.2) is 0 Å². The van der Waals surface area contributed by atoms with Crippen LogP contribution in [-0.4, -0.2) is 31.5 Å². The van der Waals surface area contributed by atoms with Crippen LogP contribution in [0.3, 0.4) is 0 Å². The molecule has 25 heavy (non-hydrogen) atoms. The molecule has 0 aliphatic rings. The molecule has 136 valence electrons. The number of hydrogen-bond donors (Lipinski definition) is 1. The highest BCUT2D eigenvalue weighted by Gasteiger charge is 2.20. The standard InChI is InChI=1S/C20H27NO4/c1-6-25-20(23)11-19(15(3)9-18(24-5)12-21-4)16-8-7-14(2)17(10-16)13-22/h7-10,12,19,22H,4,6,11,13H2,1-3,5H3/b15-9+,18-12+. The van der Waals surface area contributed by atoms with E-state index in [1.165, 1.54) is 6.20 Å². The molecule has 1 rings (SSSR count). The van der Waals surface area contributed by atoms with Crippen LogP contribution in [0.15, 0.2) is 46.8 Å². The fraction of sp³-hybridized carbons (Fsp3) is 0.400. The lowest BCUT2D eigenvalue weighted by atomic mass is 9.87. The van der Waals surface area contributed by atoms with Crippen LogP contribution in [0.5, 0.6) is 0 Å². The third kappa shape index (κ3) is 6.19. The van der Waals surface area contributed by atoms with E-state index in [2.05, 4.69) is 11.7 Å². The summed E-state index contributed by atoms with van der Waals surface area (Å²) in [6.45, 7) is 9.38. The van der Waals surface area contributed by atoms with Gasteiger partial charge in [0.1, 0.15) is 5.76 Å². The van der Waals surface area contributed by atoms with E-state index in [0.29, 0.717) is 12.4 Å². The zero-order valence-electron chi connectivity index (χ0n) is 15.4. The number of methoxy groups -OCH3 is 1. The molecule has 5 nitrogen and oxygen atoms in total. The molecule has 0 saturated carbocycles. The number of rotatable bonds is 9. The summed E-state index contributed by atoms with van der Waals surface area (Å²) in [6.07, 6.45) is 3.55. The molecule has 0 radical (unpaired) electrons. The van der Waals surface area contributed by atoms with Crippen molar-refractivity contribution in [3.8, 4) is 0 Å². The van der Waals surface area contributed by atoms with Crippen LogP contribution < -0.4 is 0 Å². The summed E-state index contributed by atoms with van der Waals surface area (Å²) >= 11 is 0. The summed E-state index contributed by atoms with van der Waals surface area (Å²) in [5.41, 5.74) is 3.72. The lowest BCUT2D eigenvalue weighted by molar-refractivity contribution is -0.143. The molecule has 5 heteroatoms. The number of benzene rings is 1. The highest BCUT2D eigenvalue weighted by molar-refractivity contribution is 5.71. The van der Waals surface area contributed by atoms with Crippen LogP contribution in [0, 0.1) is 6.92 Å². The second-order valence-electron chi connectivity index (χ2n) is 5.71. The Kier molecular flexibility index (Phi) is 8.64. The molecule has 0 saturated heterocycles. The number of carbonyl (C=O) groups excluding carboxylic acids is 1. The summed E-state index contributed by atoms with van der Waals surface area (Å²) in [7, 11) is 1.55. The van der Waals surface area contributed by atoms with Crippen LogP contribution in [-0.2, 0) is 20.9 Å². The van der Waals surface area contributed by atoms with Gasteiger partial charge in [-0.2, -0.15) is 0 Å². The lowest BCUT2D eigenvalue weighted by Gasteiger charge is -2.19. The maximum absolute atomic E-state index is 12.1. The van der Waals surface area contributed by atoms with Crippen LogP contribution in [0.25, 0.3) is 0 Å². The Morgan fingerprint density at radius 3 is 2.72 bits per heavy atom. The number of hydrogen-bond acceptors (Lipinski definition) is 5. The maximum atomic E-state index is 12.1. The summed E-state index contributed by atoms with van der Waals surface area (Å²) in [5, 5.41) is 9.53. The number of aliphatic hydroxyl groups excluding tert-OH is 1. The Hall–Kier alpha value is -2.40. The number of aliphatic hydroxyl groups is 1. The van der Waals surface area contributed by atoms with Gasteiger partial charge in [0.2, 0.25) is 0 Å². The van der Waals surface area contributed by atoms with Gasteiger partial charge in [-0.1, -0.05) is 23.8 Å². The average molecular weight is 345 g/mol. The number of aliphatic imine (C=N–C) groups is 1. The van der Waals surface area contributed by atoms with Crippen molar-refractivity contribution in [2.45, 2.75) is 39.7 Å². The van der Waals surface area contributed by atoms with Gasteiger partial charge in [-0.15, -0.1) is 0 Å².